The van der Waals surface area contributed by atoms with Gasteiger partial charge < -0.3 is 10.1 Å². The first kappa shape index (κ1) is 15.7. The second kappa shape index (κ2) is 6.23. The van der Waals surface area contributed by atoms with Crippen LogP contribution in [0.15, 0.2) is 23.1 Å². The van der Waals surface area contributed by atoms with E-state index in [9.17, 15) is 13.2 Å². The molecular formula is C11H15ClN2O4S. The van der Waals surface area contributed by atoms with E-state index in [-0.39, 0.29) is 21.6 Å². The van der Waals surface area contributed by atoms with Crippen LogP contribution in [0.25, 0.3) is 0 Å². The van der Waals surface area contributed by atoms with E-state index >= 15 is 0 Å². The fraction of sp³-hybridized carbons (Fsp3) is 0.364. The van der Waals surface area contributed by atoms with Gasteiger partial charge in [-0.15, -0.1) is 0 Å². The zero-order valence-electron chi connectivity index (χ0n) is 10.5. The van der Waals surface area contributed by atoms with Crippen molar-refractivity contribution in [2.75, 3.05) is 6.54 Å². The number of halogens is 1. The number of primary sulfonamides is 1. The molecule has 0 aliphatic rings. The average molecular weight is 307 g/mol. The first-order valence-corrected chi connectivity index (χ1v) is 7.45. The summed E-state index contributed by atoms with van der Waals surface area (Å²) in [4.78, 5) is 11.3. The lowest BCUT2D eigenvalue weighted by Crippen LogP contribution is -2.36. The molecule has 1 unspecified atom stereocenters. The predicted octanol–water partition coefficient (Wildman–Crippen LogP) is 0.891. The smallest absolute Gasteiger partial charge is 0.260 e. The molecule has 0 aromatic heterocycles. The van der Waals surface area contributed by atoms with Crippen LogP contribution in [0.2, 0.25) is 5.02 Å². The summed E-state index contributed by atoms with van der Waals surface area (Å²) in [5.74, 6) is -0.358. The van der Waals surface area contributed by atoms with Crippen LogP contribution in [0.5, 0.6) is 5.75 Å². The van der Waals surface area contributed by atoms with E-state index in [1.54, 1.807) is 6.92 Å². The van der Waals surface area contributed by atoms with Gasteiger partial charge in [0, 0.05) is 11.6 Å². The van der Waals surface area contributed by atoms with Gasteiger partial charge in [-0.25, -0.2) is 13.6 Å². The number of likely N-dealkylation sites (N-methyl/N-ethyl adjacent to an activating group) is 1. The predicted molar refractivity (Wildman–Crippen MR) is 71.6 cm³/mol. The molecule has 19 heavy (non-hydrogen) atoms. The van der Waals surface area contributed by atoms with E-state index in [0.29, 0.717) is 6.54 Å². The van der Waals surface area contributed by atoms with Crippen LogP contribution >= 0.6 is 11.6 Å². The molecule has 0 heterocycles. The van der Waals surface area contributed by atoms with Crippen LogP contribution in [0, 0.1) is 0 Å². The van der Waals surface area contributed by atoms with Crippen molar-refractivity contribution in [3.8, 4) is 5.75 Å². The van der Waals surface area contributed by atoms with Gasteiger partial charge in [0.1, 0.15) is 10.6 Å². The van der Waals surface area contributed by atoms with E-state index < -0.39 is 16.1 Å². The normalized spacial score (nSPS) is 12.8. The largest absolute Gasteiger partial charge is 0.479 e. The Morgan fingerprint density at radius 2 is 2.16 bits per heavy atom. The van der Waals surface area contributed by atoms with Crippen molar-refractivity contribution in [3.05, 3.63) is 23.2 Å². The van der Waals surface area contributed by atoms with Gasteiger partial charge in [-0.1, -0.05) is 11.6 Å². The third kappa shape index (κ3) is 4.38. The molecule has 1 amide bonds. The Labute approximate surface area is 116 Å². The fourth-order valence-corrected chi connectivity index (χ4v) is 2.29. The van der Waals surface area contributed by atoms with E-state index in [4.69, 9.17) is 21.5 Å². The summed E-state index contributed by atoms with van der Waals surface area (Å²) in [5, 5.41) is 7.84. The Hall–Kier alpha value is -1.31. The monoisotopic (exact) mass is 306 g/mol. The molecule has 6 nitrogen and oxygen atoms in total. The van der Waals surface area contributed by atoms with Crippen LogP contribution in [-0.2, 0) is 14.8 Å². The molecule has 0 saturated heterocycles. The van der Waals surface area contributed by atoms with Crippen LogP contribution in [0.3, 0.4) is 0 Å². The maximum Gasteiger partial charge on any atom is 0.260 e. The maximum absolute atomic E-state index is 11.5. The van der Waals surface area contributed by atoms with Crippen molar-refractivity contribution in [1.29, 1.82) is 0 Å². The summed E-state index contributed by atoms with van der Waals surface area (Å²) in [6.45, 7) is 3.73. The first-order chi connectivity index (χ1) is 8.75. The number of sulfonamides is 1. The molecule has 1 rings (SSSR count). The molecule has 0 radical (unpaired) electrons. The standard InChI is InChI=1S/C11H15ClN2O4S/c1-3-14-11(15)7(2)18-9-5-4-8(12)6-10(9)19(13,16)17/h4-7H,3H2,1-2H3,(H,14,15)(H2,13,16,17). The highest BCUT2D eigenvalue weighted by molar-refractivity contribution is 7.89. The molecule has 106 valence electrons. The van der Waals surface area contributed by atoms with Gasteiger partial charge in [0.05, 0.1) is 0 Å². The van der Waals surface area contributed by atoms with Crippen molar-refractivity contribution < 1.29 is 17.9 Å². The molecule has 1 aromatic carbocycles. The molecule has 1 atom stereocenters. The minimum absolute atomic E-state index is 0.00865. The van der Waals surface area contributed by atoms with E-state index in [0.717, 1.165) is 0 Å². The van der Waals surface area contributed by atoms with Gasteiger partial charge in [-0.05, 0) is 32.0 Å². The molecular weight excluding hydrogens is 292 g/mol. The SMILES string of the molecule is CCNC(=O)C(C)Oc1ccc(Cl)cc1S(N)(=O)=O. The van der Waals surface area contributed by atoms with E-state index in [1.807, 2.05) is 0 Å². The molecule has 0 aliphatic carbocycles. The van der Waals surface area contributed by atoms with E-state index in [2.05, 4.69) is 5.32 Å². The Morgan fingerprint density at radius 1 is 1.53 bits per heavy atom. The van der Waals surface area contributed by atoms with Crippen LogP contribution < -0.4 is 15.2 Å². The van der Waals surface area contributed by atoms with Crippen LogP contribution in [0.1, 0.15) is 13.8 Å². The van der Waals surface area contributed by atoms with Crippen LogP contribution in [0.4, 0.5) is 0 Å². The lowest BCUT2D eigenvalue weighted by molar-refractivity contribution is -0.127. The maximum atomic E-state index is 11.5. The quantitative estimate of drug-likeness (QED) is 0.844. The minimum atomic E-state index is -3.98. The zero-order chi connectivity index (χ0) is 14.6. The summed E-state index contributed by atoms with van der Waals surface area (Å²) < 4.78 is 28.2. The Morgan fingerprint density at radius 3 is 2.68 bits per heavy atom. The first-order valence-electron chi connectivity index (χ1n) is 5.52. The summed E-state index contributed by atoms with van der Waals surface area (Å²) in [6, 6.07) is 3.99. The molecule has 0 bridgehead atoms. The number of hydrogen-bond acceptors (Lipinski definition) is 4. The van der Waals surface area contributed by atoms with Gasteiger partial charge in [0.15, 0.2) is 6.10 Å². The number of carbonyl (C=O) groups is 1. The van der Waals surface area contributed by atoms with Crippen molar-refractivity contribution in [2.24, 2.45) is 5.14 Å². The number of ether oxygens (including phenoxy) is 1. The third-order valence-corrected chi connectivity index (χ3v) is 3.40. The highest BCUT2D eigenvalue weighted by Crippen LogP contribution is 2.27. The lowest BCUT2D eigenvalue weighted by Gasteiger charge is -2.16. The van der Waals surface area contributed by atoms with Gasteiger partial charge in [-0.3, -0.25) is 4.79 Å². The molecule has 3 N–H and O–H groups in total. The van der Waals surface area contributed by atoms with Gasteiger partial charge in [-0.2, -0.15) is 0 Å². The summed E-state index contributed by atoms with van der Waals surface area (Å²) >= 11 is 5.72. The van der Waals surface area contributed by atoms with Crippen molar-refractivity contribution in [3.63, 3.8) is 0 Å². The topological polar surface area (TPSA) is 98.5 Å². The Balaban J connectivity index is 3.05. The number of hydrogen-bond donors (Lipinski definition) is 2. The van der Waals surface area contributed by atoms with Gasteiger partial charge in [0.25, 0.3) is 5.91 Å². The molecule has 0 aliphatic heterocycles. The molecule has 0 fully saturated rings. The second-order valence-electron chi connectivity index (χ2n) is 3.79. The highest BCUT2D eigenvalue weighted by atomic mass is 35.5. The summed E-state index contributed by atoms with van der Waals surface area (Å²) in [5.41, 5.74) is 0. The minimum Gasteiger partial charge on any atom is -0.479 e. The average Bonchev–Trinajstić information content (AvgIpc) is 2.30. The molecule has 1 aromatic rings. The molecule has 0 spiro atoms. The number of amides is 1. The number of rotatable bonds is 5. The van der Waals surface area contributed by atoms with Gasteiger partial charge >= 0.3 is 0 Å². The second-order valence-corrected chi connectivity index (χ2v) is 5.76. The summed E-state index contributed by atoms with van der Waals surface area (Å²) in [6.07, 6.45) is -0.846. The van der Waals surface area contributed by atoms with Crippen molar-refractivity contribution >= 4 is 27.5 Å². The zero-order valence-corrected chi connectivity index (χ0v) is 12.1. The Bertz CT molecular complexity index is 574. The highest BCUT2D eigenvalue weighted by Gasteiger charge is 2.20. The summed E-state index contributed by atoms with van der Waals surface area (Å²) in [7, 11) is -3.98. The van der Waals surface area contributed by atoms with Crippen molar-refractivity contribution in [2.45, 2.75) is 24.8 Å². The lowest BCUT2D eigenvalue weighted by atomic mass is 10.3. The number of carbonyl (C=O) groups excluding carboxylic acids is 1. The number of nitrogens with two attached hydrogens (primary N) is 1. The third-order valence-electron chi connectivity index (χ3n) is 2.24. The number of benzene rings is 1. The van der Waals surface area contributed by atoms with E-state index in [1.165, 1.54) is 25.1 Å². The Kier molecular flexibility index (Phi) is 5.16. The molecule has 0 saturated carbocycles. The fourth-order valence-electron chi connectivity index (χ4n) is 1.36. The van der Waals surface area contributed by atoms with Gasteiger partial charge in [0.2, 0.25) is 10.0 Å². The van der Waals surface area contributed by atoms with Crippen LogP contribution in [-0.4, -0.2) is 27.0 Å². The molecule has 8 heteroatoms. The van der Waals surface area contributed by atoms with Crippen molar-refractivity contribution in [1.82, 2.24) is 5.32 Å². The number of nitrogens with one attached hydrogen (secondary N) is 1.